The highest BCUT2D eigenvalue weighted by Gasteiger charge is 2.20. The van der Waals surface area contributed by atoms with Crippen LogP contribution < -0.4 is 4.57 Å². The fourth-order valence-electron chi connectivity index (χ4n) is 3.03. The van der Waals surface area contributed by atoms with Gasteiger partial charge in [-0.15, -0.1) is 0 Å². The Morgan fingerprint density at radius 1 is 0.810 bits per heavy atom. The molecule has 102 valence electrons. The molecule has 0 aliphatic carbocycles. The van der Waals surface area contributed by atoms with Crippen molar-refractivity contribution in [3.8, 4) is 11.3 Å². The van der Waals surface area contributed by atoms with Gasteiger partial charge in [-0.2, -0.15) is 4.57 Å². The number of aryl methyl sites for hydroxylation is 2. The molecule has 4 rings (SSSR count). The van der Waals surface area contributed by atoms with Crippen LogP contribution >= 0.6 is 0 Å². The molecular formula is C19H16NO+. The number of furan rings is 1. The lowest BCUT2D eigenvalue weighted by Gasteiger charge is -2.04. The van der Waals surface area contributed by atoms with Crippen molar-refractivity contribution in [3.63, 3.8) is 0 Å². The monoisotopic (exact) mass is 274 g/mol. The Bertz CT molecular complexity index is 966. The molecule has 0 atom stereocenters. The van der Waals surface area contributed by atoms with Gasteiger partial charge in [-0.1, -0.05) is 30.3 Å². The second kappa shape index (κ2) is 4.45. The molecule has 0 saturated heterocycles. The minimum atomic E-state index is 0.927. The number of nitrogens with zero attached hydrogens (tertiary/aromatic N) is 1. The van der Waals surface area contributed by atoms with Crippen molar-refractivity contribution in [2.45, 2.75) is 6.92 Å². The molecule has 0 fully saturated rings. The maximum absolute atomic E-state index is 5.93. The van der Waals surface area contributed by atoms with Gasteiger partial charge in [0.25, 0.3) is 5.52 Å². The van der Waals surface area contributed by atoms with Crippen LogP contribution in [0.2, 0.25) is 0 Å². The van der Waals surface area contributed by atoms with Gasteiger partial charge < -0.3 is 4.42 Å². The Morgan fingerprint density at radius 2 is 1.57 bits per heavy atom. The molecule has 0 unspecified atom stereocenters. The van der Waals surface area contributed by atoms with E-state index in [-0.39, 0.29) is 0 Å². The summed E-state index contributed by atoms with van der Waals surface area (Å²) in [5.41, 5.74) is 6.74. The van der Waals surface area contributed by atoms with Gasteiger partial charge in [0.05, 0.1) is 5.39 Å². The van der Waals surface area contributed by atoms with Crippen LogP contribution in [-0.4, -0.2) is 0 Å². The number of benzene rings is 2. The molecule has 0 aliphatic heterocycles. The van der Waals surface area contributed by atoms with Gasteiger partial charge in [-0.3, -0.25) is 0 Å². The second-order valence-electron chi connectivity index (χ2n) is 5.40. The number of hydrogen-bond donors (Lipinski definition) is 0. The number of pyridine rings is 1. The zero-order valence-electron chi connectivity index (χ0n) is 12.1. The van der Waals surface area contributed by atoms with E-state index in [2.05, 4.69) is 67.1 Å². The predicted octanol–water partition coefficient (Wildman–Crippen LogP) is 4.39. The molecule has 0 bridgehead atoms. The summed E-state index contributed by atoms with van der Waals surface area (Å²) in [6.07, 6.45) is 0. The van der Waals surface area contributed by atoms with Crippen LogP contribution in [0, 0.1) is 6.92 Å². The van der Waals surface area contributed by atoms with Crippen LogP contribution in [0.4, 0.5) is 0 Å². The van der Waals surface area contributed by atoms with Gasteiger partial charge in [0.15, 0.2) is 5.58 Å². The molecular weight excluding hydrogens is 258 g/mol. The number of para-hydroxylation sites is 1. The predicted molar refractivity (Wildman–Crippen MR) is 85.1 cm³/mol. The Kier molecular flexibility index (Phi) is 2.58. The van der Waals surface area contributed by atoms with Crippen LogP contribution in [0.15, 0.2) is 65.1 Å². The third kappa shape index (κ3) is 1.76. The number of hydrogen-bond acceptors (Lipinski definition) is 1. The minimum Gasteiger partial charge on any atom is -0.449 e. The molecule has 2 aromatic carbocycles. The first kappa shape index (κ1) is 12.2. The van der Waals surface area contributed by atoms with E-state index in [4.69, 9.17) is 4.42 Å². The minimum absolute atomic E-state index is 0.927. The normalized spacial score (nSPS) is 11.3. The molecule has 4 aromatic rings. The third-order valence-electron chi connectivity index (χ3n) is 4.11. The van der Waals surface area contributed by atoms with Gasteiger partial charge in [0, 0.05) is 11.6 Å². The maximum atomic E-state index is 5.93. The van der Waals surface area contributed by atoms with Crippen LogP contribution in [0.5, 0.6) is 0 Å². The van der Waals surface area contributed by atoms with Crippen LogP contribution in [0.25, 0.3) is 33.3 Å². The van der Waals surface area contributed by atoms with Gasteiger partial charge in [-0.25, -0.2) is 0 Å². The zero-order valence-corrected chi connectivity index (χ0v) is 12.1. The van der Waals surface area contributed by atoms with Gasteiger partial charge in [0.2, 0.25) is 5.69 Å². The highest BCUT2D eigenvalue weighted by Crippen LogP contribution is 2.28. The second-order valence-corrected chi connectivity index (χ2v) is 5.40. The van der Waals surface area contributed by atoms with Crippen LogP contribution in [-0.2, 0) is 7.05 Å². The highest BCUT2D eigenvalue weighted by molar-refractivity contribution is 6.00. The van der Waals surface area contributed by atoms with Crippen molar-refractivity contribution < 1.29 is 8.98 Å². The number of rotatable bonds is 1. The molecule has 21 heavy (non-hydrogen) atoms. The van der Waals surface area contributed by atoms with Crippen LogP contribution in [0.3, 0.4) is 0 Å². The van der Waals surface area contributed by atoms with Crippen molar-refractivity contribution in [1.29, 1.82) is 0 Å². The van der Waals surface area contributed by atoms with Gasteiger partial charge in [0.1, 0.15) is 12.6 Å². The lowest BCUT2D eigenvalue weighted by atomic mass is 10.0. The van der Waals surface area contributed by atoms with Crippen molar-refractivity contribution in [1.82, 2.24) is 0 Å². The smallest absolute Gasteiger partial charge is 0.259 e. The van der Waals surface area contributed by atoms with Crippen LogP contribution in [0.1, 0.15) is 5.56 Å². The first-order chi connectivity index (χ1) is 10.3. The molecule has 2 nitrogen and oxygen atoms in total. The van der Waals surface area contributed by atoms with E-state index < -0.39 is 0 Å². The lowest BCUT2D eigenvalue weighted by molar-refractivity contribution is -0.632. The van der Waals surface area contributed by atoms with Crippen molar-refractivity contribution in [3.05, 3.63) is 66.2 Å². The van der Waals surface area contributed by atoms with E-state index in [1.54, 1.807) is 0 Å². The first-order valence-corrected chi connectivity index (χ1v) is 7.12. The maximum Gasteiger partial charge on any atom is 0.259 e. The largest absolute Gasteiger partial charge is 0.449 e. The molecule has 2 heteroatoms. The molecule has 2 aromatic heterocycles. The van der Waals surface area contributed by atoms with E-state index in [0.29, 0.717) is 0 Å². The first-order valence-electron chi connectivity index (χ1n) is 7.12. The van der Waals surface area contributed by atoms with E-state index in [1.165, 1.54) is 16.8 Å². The summed E-state index contributed by atoms with van der Waals surface area (Å²) in [4.78, 5) is 0. The van der Waals surface area contributed by atoms with E-state index >= 15 is 0 Å². The summed E-state index contributed by atoms with van der Waals surface area (Å²) in [5.74, 6) is 0. The quantitative estimate of drug-likeness (QED) is 0.471. The zero-order chi connectivity index (χ0) is 14.4. The van der Waals surface area contributed by atoms with Crippen molar-refractivity contribution in [2.75, 3.05) is 0 Å². The third-order valence-corrected chi connectivity index (χ3v) is 4.11. The molecule has 0 spiro atoms. The summed E-state index contributed by atoms with van der Waals surface area (Å²) in [5, 5.41) is 1.16. The van der Waals surface area contributed by atoms with Crippen molar-refractivity contribution in [2.24, 2.45) is 7.05 Å². The number of fused-ring (bicyclic) bond motifs is 3. The van der Waals surface area contributed by atoms with Gasteiger partial charge >= 0.3 is 0 Å². The Morgan fingerprint density at radius 3 is 2.43 bits per heavy atom. The summed E-state index contributed by atoms with van der Waals surface area (Å²) in [7, 11) is 2.10. The highest BCUT2D eigenvalue weighted by atomic mass is 16.3. The van der Waals surface area contributed by atoms with Crippen molar-refractivity contribution >= 4 is 22.1 Å². The molecule has 0 radical (unpaired) electrons. The molecule has 0 aliphatic rings. The summed E-state index contributed by atoms with van der Waals surface area (Å²) < 4.78 is 8.16. The standard InChI is InChI=1S/C19H16NO/c1-13-7-3-4-8-14(13)16-11-12-18-19(20(16)2)15-9-5-6-10-17(15)21-18/h3-12H,1-2H3/q+1. The van der Waals surface area contributed by atoms with E-state index in [0.717, 1.165) is 22.1 Å². The molecule has 0 N–H and O–H groups in total. The SMILES string of the molecule is Cc1ccccc1-c1ccc2oc3ccccc3c2[n+]1C. The fourth-order valence-corrected chi connectivity index (χ4v) is 3.03. The average Bonchev–Trinajstić information content (AvgIpc) is 2.88. The Hall–Kier alpha value is -2.61. The topological polar surface area (TPSA) is 17.0 Å². The average molecular weight is 274 g/mol. The lowest BCUT2D eigenvalue weighted by Crippen LogP contribution is -2.31. The molecule has 0 saturated carbocycles. The molecule has 2 heterocycles. The summed E-state index contributed by atoms with van der Waals surface area (Å²) >= 11 is 0. The fraction of sp³-hybridized carbons (Fsp3) is 0.105. The van der Waals surface area contributed by atoms with E-state index in [1.807, 2.05) is 12.1 Å². The summed E-state index contributed by atoms with van der Waals surface area (Å²) in [6.45, 7) is 2.15. The molecule has 0 amide bonds. The van der Waals surface area contributed by atoms with E-state index in [9.17, 15) is 0 Å². The number of aromatic nitrogens is 1. The Balaban J connectivity index is 2.11. The summed E-state index contributed by atoms with van der Waals surface area (Å²) in [6, 6.07) is 20.9. The van der Waals surface area contributed by atoms with Gasteiger partial charge in [-0.05, 0) is 36.8 Å². The Labute approximate surface area is 123 Å².